The van der Waals surface area contributed by atoms with E-state index >= 15 is 0 Å². The van der Waals surface area contributed by atoms with Gasteiger partial charge in [0.15, 0.2) is 0 Å². The third kappa shape index (κ3) is 4.58. The highest BCUT2D eigenvalue weighted by Gasteiger charge is 2.32. The van der Waals surface area contributed by atoms with Gasteiger partial charge in [-0.25, -0.2) is 13.2 Å². The van der Waals surface area contributed by atoms with E-state index in [0.717, 1.165) is 18.4 Å². The van der Waals surface area contributed by atoms with Gasteiger partial charge in [0.1, 0.15) is 5.00 Å². The second kappa shape index (κ2) is 8.87. The Labute approximate surface area is 181 Å². The van der Waals surface area contributed by atoms with Crippen LogP contribution in [0.15, 0.2) is 34.5 Å². The van der Waals surface area contributed by atoms with Crippen LogP contribution < -0.4 is 5.32 Å². The van der Waals surface area contributed by atoms with Gasteiger partial charge in [0.05, 0.1) is 17.1 Å². The molecular weight excluding hydrogens is 424 g/mol. The average molecular weight is 451 g/mol. The Balaban J connectivity index is 1.88. The Hall–Kier alpha value is -2.23. The van der Waals surface area contributed by atoms with E-state index < -0.39 is 21.9 Å². The number of anilines is 1. The quantitative estimate of drug-likeness (QED) is 0.612. The van der Waals surface area contributed by atoms with Crippen molar-refractivity contribution in [2.24, 2.45) is 0 Å². The van der Waals surface area contributed by atoms with E-state index in [4.69, 9.17) is 4.74 Å². The van der Waals surface area contributed by atoms with Gasteiger partial charge >= 0.3 is 5.97 Å². The number of nitrogens with one attached hydrogen (secondary N) is 1. The number of sulfonamides is 1. The number of thiophene rings is 1. The smallest absolute Gasteiger partial charge is 0.341 e. The number of carbonyl (C=O) groups excluding carboxylic acids is 2. The van der Waals surface area contributed by atoms with Gasteiger partial charge < -0.3 is 10.1 Å². The van der Waals surface area contributed by atoms with E-state index in [0.29, 0.717) is 16.5 Å². The Morgan fingerprint density at radius 1 is 1.30 bits per heavy atom. The minimum atomic E-state index is -3.71. The van der Waals surface area contributed by atoms with Gasteiger partial charge in [-0.1, -0.05) is 6.07 Å². The molecule has 7 nitrogen and oxygen atoms in total. The number of hydrogen-bond donors (Lipinski definition) is 1. The molecule has 1 aliphatic carbocycles. The molecule has 0 saturated heterocycles. The van der Waals surface area contributed by atoms with Gasteiger partial charge in [0.25, 0.3) is 5.91 Å². The number of ether oxygens (including phenoxy) is 1. The van der Waals surface area contributed by atoms with E-state index in [2.05, 4.69) is 5.32 Å². The first-order valence-corrected chi connectivity index (χ1v) is 12.2. The summed E-state index contributed by atoms with van der Waals surface area (Å²) in [5.74, 6) is -0.605. The lowest BCUT2D eigenvalue weighted by Gasteiger charge is -2.21. The number of carbonyl (C=O) groups is 2. The zero-order valence-corrected chi connectivity index (χ0v) is 19.1. The van der Waals surface area contributed by atoms with Gasteiger partial charge in [0, 0.05) is 18.7 Å². The van der Waals surface area contributed by atoms with Gasteiger partial charge in [-0.3, -0.25) is 4.79 Å². The predicted octanol–water partition coefficient (Wildman–Crippen LogP) is 4.08. The molecule has 1 heterocycles. The first-order chi connectivity index (χ1) is 14.2. The summed E-state index contributed by atoms with van der Waals surface area (Å²) < 4.78 is 31.9. The SMILES string of the molecule is CCOC(=O)c1c(C2CC2)csc1NC(=O)c1cccc(S(=O)(=O)N(C)C(C)C)c1. The summed E-state index contributed by atoms with van der Waals surface area (Å²) in [5.41, 5.74) is 1.51. The minimum absolute atomic E-state index is 0.0433. The number of nitrogens with zero attached hydrogens (tertiary/aromatic N) is 1. The average Bonchev–Trinajstić information content (AvgIpc) is 3.47. The molecule has 0 bridgehead atoms. The van der Waals surface area contributed by atoms with Crippen molar-refractivity contribution < 1.29 is 22.7 Å². The van der Waals surface area contributed by atoms with E-state index in [-0.39, 0.29) is 23.1 Å². The molecule has 0 unspecified atom stereocenters. The van der Waals surface area contributed by atoms with Gasteiger partial charge in [0.2, 0.25) is 10.0 Å². The Kier molecular flexibility index (Phi) is 6.64. The first kappa shape index (κ1) is 22.5. The van der Waals surface area contributed by atoms with Crippen LogP contribution in [0.5, 0.6) is 0 Å². The third-order valence-electron chi connectivity index (χ3n) is 5.04. The minimum Gasteiger partial charge on any atom is -0.462 e. The largest absolute Gasteiger partial charge is 0.462 e. The Bertz CT molecular complexity index is 1060. The number of esters is 1. The standard InChI is InChI=1S/C21H26N2O5S2/c1-5-28-21(25)18-17(14-9-10-14)12-29-20(18)22-19(24)15-7-6-8-16(11-15)30(26,27)23(4)13(2)3/h6-8,11-14H,5,9-10H2,1-4H3,(H,22,24). The van der Waals surface area contributed by atoms with E-state index in [9.17, 15) is 18.0 Å². The van der Waals surface area contributed by atoms with Gasteiger partial charge in [-0.05, 0) is 68.7 Å². The van der Waals surface area contributed by atoms with Crippen LogP contribution in [0, 0.1) is 0 Å². The molecule has 1 saturated carbocycles. The van der Waals surface area contributed by atoms with Crippen LogP contribution >= 0.6 is 11.3 Å². The number of amides is 1. The maximum atomic E-state index is 12.9. The molecular formula is C21H26N2O5S2. The molecule has 2 aromatic rings. The summed E-state index contributed by atoms with van der Waals surface area (Å²) >= 11 is 1.28. The molecule has 1 aromatic carbocycles. The van der Waals surface area contributed by atoms with Crippen LogP contribution in [0.2, 0.25) is 0 Å². The van der Waals surface area contributed by atoms with Gasteiger partial charge in [-0.15, -0.1) is 11.3 Å². The van der Waals surface area contributed by atoms with Crippen LogP contribution in [0.1, 0.15) is 65.8 Å². The third-order valence-corrected chi connectivity index (χ3v) is 7.99. The molecule has 1 amide bonds. The second-order valence-electron chi connectivity index (χ2n) is 7.49. The van der Waals surface area contributed by atoms with Crippen molar-refractivity contribution >= 4 is 38.2 Å². The fraction of sp³-hybridized carbons (Fsp3) is 0.429. The summed E-state index contributed by atoms with van der Waals surface area (Å²) in [6.07, 6.45) is 2.03. The molecule has 3 rings (SSSR count). The summed E-state index contributed by atoms with van der Waals surface area (Å²) in [6, 6.07) is 5.68. The molecule has 1 aromatic heterocycles. The molecule has 0 atom stereocenters. The predicted molar refractivity (Wildman–Crippen MR) is 117 cm³/mol. The normalized spacial score (nSPS) is 14.2. The maximum Gasteiger partial charge on any atom is 0.341 e. The lowest BCUT2D eigenvalue weighted by atomic mass is 10.1. The molecule has 162 valence electrons. The topological polar surface area (TPSA) is 92.8 Å². The fourth-order valence-electron chi connectivity index (χ4n) is 2.99. The summed E-state index contributed by atoms with van der Waals surface area (Å²) in [4.78, 5) is 25.4. The number of benzene rings is 1. The Morgan fingerprint density at radius 3 is 2.60 bits per heavy atom. The van der Waals surface area contributed by atoms with Crippen LogP contribution in [0.3, 0.4) is 0 Å². The van der Waals surface area contributed by atoms with Crippen LogP contribution in [-0.4, -0.2) is 44.3 Å². The summed E-state index contributed by atoms with van der Waals surface area (Å²) in [6.45, 7) is 5.54. The van der Waals surface area contributed by atoms with Gasteiger partial charge in [-0.2, -0.15) is 4.31 Å². The number of hydrogen-bond acceptors (Lipinski definition) is 6. The molecule has 1 N–H and O–H groups in total. The number of rotatable bonds is 8. The van der Waals surface area contributed by atoms with E-state index in [1.54, 1.807) is 26.8 Å². The fourth-order valence-corrected chi connectivity index (χ4v) is 5.43. The molecule has 30 heavy (non-hydrogen) atoms. The molecule has 0 radical (unpaired) electrons. The molecule has 9 heteroatoms. The highest BCUT2D eigenvalue weighted by Crippen LogP contribution is 2.46. The van der Waals surface area contributed by atoms with Crippen molar-refractivity contribution in [3.63, 3.8) is 0 Å². The van der Waals surface area contributed by atoms with Crippen molar-refractivity contribution in [3.05, 3.63) is 46.3 Å². The highest BCUT2D eigenvalue weighted by molar-refractivity contribution is 7.89. The zero-order valence-electron chi connectivity index (χ0n) is 17.5. The van der Waals surface area contributed by atoms with Crippen molar-refractivity contribution in [2.75, 3.05) is 19.0 Å². The van der Waals surface area contributed by atoms with Crippen molar-refractivity contribution in [1.82, 2.24) is 4.31 Å². The Morgan fingerprint density at radius 2 is 2.00 bits per heavy atom. The molecule has 1 fully saturated rings. The van der Waals surface area contributed by atoms with Crippen molar-refractivity contribution in [3.8, 4) is 0 Å². The molecule has 1 aliphatic rings. The van der Waals surface area contributed by atoms with Crippen molar-refractivity contribution in [1.29, 1.82) is 0 Å². The molecule has 0 spiro atoms. The van der Waals surface area contributed by atoms with Crippen LogP contribution in [0.4, 0.5) is 5.00 Å². The molecule has 0 aliphatic heterocycles. The summed E-state index contributed by atoms with van der Waals surface area (Å²) in [7, 11) is -2.21. The lowest BCUT2D eigenvalue weighted by Crippen LogP contribution is -2.33. The van der Waals surface area contributed by atoms with Crippen molar-refractivity contribution in [2.45, 2.75) is 50.5 Å². The zero-order chi connectivity index (χ0) is 22.1. The first-order valence-electron chi connectivity index (χ1n) is 9.84. The second-order valence-corrected chi connectivity index (χ2v) is 10.4. The maximum absolute atomic E-state index is 12.9. The highest BCUT2D eigenvalue weighted by atomic mass is 32.2. The summed E-state index contributed by atoms with van der Waals surface area (Å²) in [5, 5.41) is 5.08. The lowest BCUT2D eigenvalue weighted by molar-refractivity contribution is 0.0527. The van der Waals surface area contributed by atoms with E-state index in [1.807, 2.05) is 5.38 Å². The van der Waals surface area contributed by atoms with Crippen LogP contribution in [0.25, 0.3) is 0 Å². The monoisotopic (exact) mass is 450 g/mol. The van der Waals surface area contributed by atoms with E-state index in [1.165, 1.54) is 40.9 Å². The van der Waals surface area contributed by atoms with Crippen LogP contribution in [-0.2, 0) is 14.8 Å².